The second-order valence-electron chi connectivity index (χ2n) is 12.9. The molecule has 1 aromatic heterocycles. The largest absolute Gasteiger partial charge is 0.508 e. The predicted molar refractivity (Wildman–Crippen MR) is 171 cm³/mol. The van der Waals surface area contributed by atoms with E-state index in [1.54, 1.807) is 0 Å². The summed E-state index contributed by atoms with van der Waals surface area (Å²) < 4.78 is 39.4. The number of ether oxygens (including phenoxy) is 6. The molecule has 0 saturated carbocycles. The first kappa shape index (κ1) is 39.0. The van der Waals surface area contributed by atoms with Gasteiger partial charge in [-0.15, -0.1) is 0 Å². The Kier molecular flexibility index (Phi) is 11.5. The van der Waals surface area contributed by atoms with Crippen LogP contribution in [-0.2, 0) is 23.7 Å². The first-order chi connectivity index (χ1) is 25.1. The van der Waals surface area contributed by atoms with Crippen LogP contribution in [-0.4, -0.2) is 167 Å². The van der Waals surface area contributed by atoms with Crippen molar-refractivity contribution in [3.8, 4) is 34.3 Å². The highest BCUT2D eigenvalue weighted by Gasteiger charge is 2.51. The zero-order valence-electron chi connectivity index (χ0n) is 27.7. The van der Waals surface area contributed by atoms with Crippen molar-refractivity contribution >= 4 is 11.0 Å². The van der Waals surface area contributed by atoms with Crippen LogP contribution in [0.1, 0.15) is 6.92 Å². The Balaban J connectivity index is 1.22. The highest BCUT2D eigenvalue weighted by Crippen LogP contribution is 2.38. The Hall–Kier alpha value is -3.71. The van der Waals surface area contributed by atoms with Crippen LogP contribution >= 0.6 is 0 Å². The lowest BCUT2D eigenvalue weighted by Gasteiger charge is -2.46. The molecule has 0 bridgehead atoms. The zero-order chi connectivity index (χ0) is 38.5. The molecular weight excluding hydrogens is 716 g/mol. The number of rotatable bonds is 9. The van der Waals surface area contributed by atoms with Gasteiger partial charge in [-0.05, 0) is 31.2 Å². The number of benzene rings is 2. The van der Waals surface area contributed by atoms with Crippen LogP contribution in [0.15, 0.2) is 45.6 Å². The zero-order valence-corrected chi connectivity index (χ0v) is 27.7. The van der Waals surface area contributed by atoms with Crippen molar-refractivity contribution in [3.05, 3.63) is 46.6 Å². The molecule has 15 atom stereocenters. The molecule has 0 radical (unpaired) electrons. The van der Waals surface area contributed by atoms with Crippen LogP contribution in [0.4, 0.5) is 0 Å². The van der Waals surface area contributed by atoms with Gasteiger partial charge in [0.1, 0.15) is 95.4 Å². The Morgan fingerprint density at radius 2 is 1.30 bits per heavy atom. The van der Waals surface area contributed by atoms with E-state index in [4.69, 9.17) is 32.8 Å². The monoisotopic (exact) mass is 756 g/mol. The van der Waals surface area contributed by atoms with Crippen molar-refractivity contribution in [2.24, 2.45) is 0 Å². The summed E-state index contributed by atoms with van der Waals surface area (Å²) in [7, 11) is 0. The van der Waals surface area contributed by atoms with Crippen molar-refractivity contribution in [2.45, 2.75) is 99.0 Å². The Morgan fingerprint density at radius 1 is 0.679 bits per heavy atom. The number of phenols is 3. The van der Waals surface area contributed by atoms with Crippen LogP contribution in [0.3, 0.4) is 0 Å². The van der Waals surface area contributed by atoms with E-state index in [0.29, 0.717) is 0 Å². The van der Waals surface area contributed by atoms with Gasteiger partial charge in [-0.25, -0.2) is 0 Å². The van der Waals surface area contributed by atoms with Crippen LogP contribution in [0.5, 0.6) is 23.0 Å². The molecule has 0 spiro atoms. The van der Waals surface area contributed by atoms with Crippen LogP contribution in [0.25, 0.3) is 22.3 Å². The number of aliphatic hydroxyl groups excluding tert-OH is 9. The SMILES string of the molecule is C[C@@H]1O[C@@H](OC[C@H]2O[C@@H](Oc3c(-c4ccc(O)cc4)oc4cc(O)cc(O)c4c3=O)C(O)[C@@H](O)C2O)[C@H](O)[C@H](O[C@@H]2O[C@H](CO)[C@@H](O)[C@H](O)[C@H]2O)[C@H]1O. The molecule has 3 saturated heterocycles. The van der Waals surface area contributed by atoms with Gasteiger partial charge in [0.15, 0.2) is 18.3 Å². The highest BCUT2D eigenvalue weighted by molar-refractivity contribution is 5.88. The van der Waals surface area contributed by atoms with Gasteiger partial charge in [-0.2, -0.15) is 0 Å². The lowest BCUT2D eigenvalue weighted by molar-refractivity contribution is -0.361. The second kappa shape index (κ2) is 15.6. The van der Waals surface area contributed by atoms with E-state index in [1.165, 1.54) is 31.2 Å². The Morgan fingerprint density at radius 3 is 1.96 bits per heavy atom. The summed E-state index contributed by atoms with van der Waals surface area (Å²) in [4.78, 5) is 13.7. The first-order valence-corrected chi connectivity index (χ1v) is 16.4. The molecule has 3 fully saturated rings. The fourth-order valence-electron chi connectivity index (χ4n) is 6.27. The van der Waals surface area contributed by atoms with Gasteiger partial charge in [0.2, 0.25) is 17.5 Å². The molecule has 4 heterocycles. The average molecular weight is 757 g/mol. The molecule has 3 aromatic rings. The maximum atomic E-state index is 13.7. The van der Waals surface area contributed by atoms with E-state index in [1.807, 2.05) is 0 Å². The number of aromatic hydroxyl groups is 3. The summed E-state index contributed by atoms with van der Waals surface area (Å²) >= 11 is 0. The topological polar surface area (TPSA) is 328 Å². The molecule has 20 nitrogen and oxygen atoms in total. The minimum Gasteiger partial charge on any atom is -0.508 e. The third-order valence-electron chi connectivity index (χ3n) is 9.30. The van der Waals surface area contributed by atoms with E-state index >= 15 is 0 Å². The van der Waals surface area contributed by atoms with Gasteiger partial charge >= 0.3 is 0 Å². The number of phenolic OH excluding ortho intramolecular Hbond substituents is 3. The van der Waals surface area contributed by atoms with E-state index in [0.717, 1.165) is 12.1 Å². The third kappa shape index (κ3) is 7.52. The van der Waals surface area contributed by atoms with Gasteiger partial charge in [-0.3, -0.25) is 4.79 Å². The summed E-state index contributed by atoms with van der Waals surface area (Å²) in [6.07, 6.45) is -25.6. The number of aliphatic hydroxyl groups is 9. The quantitative estimate of drug-likeness (QED) is 0.100. The summed E-state index contributed by atoms with van der Waals surface area (Å²) in [6, 6.07) is 7.18. The summed E-state index contributed by atoms with van der Waals surface area (Å²) in [6.45, 7) is -0.0799. The lowest BCUT2D eigenvalue weighted by atomic mass is 9.97. The van der Waals surface area contributed by atoms with E-state index < -0.39 is 133 Å². The molecule has 2 aromatic carbocycles. The van der Waals surface area contributed by atoms with Gasteiger partial charge in [0.05, 0.1) is 19.3 Å². The minimum atomic E-state index is -2.00. The second-order valence-corrected chi connectivity index (χ2v) is 12.9. The maximum absolute atomic E-state index is 13.7. The van der Waals surface area contributed by atoms with Crippen LogP contribution < -0.4 is 10.2 Å². The molecule has 3 aliphatic rings. The number of hydrogen-bond acceptors (Lipinski definition) is 20. The molecule has 3 aliphatic heterocycles. The van der Waals surface area contributed by atoms with Crippen LogP contribution in [0, 0.1) is 0 Å². The molecule has 20 heteroatoms. The summed E-state index contributed by atoms with van der Waals surface area (Å²) in [5.74, 6) is -2.19. The average Bonchev–Trinajstić information content (AvgIpc) is 3.12. The standard InChI is InChI=1S/C33H40O20/c1-10-19(38)29(52-32-25(44)23(42)20(39)16(8-34)50-32)27(46)31(48-10)47-9-17-21(40)24(43)26(45)33(51-17)53-30-22(41)18-14(37)6-13(36)7-15(18)49-28(30)11-2-4-12(35)5-3-11/h2-7,10,16-17,19-21,23-27,29,31-40,42-46H,8-9H2,1H3/t10-,16+,17+,19-,20+,21?,23-,24-,25+,26?,27+,29+,31+,32-,33-/m0/s1. The molecule has 292 valence electrons. The minimum absolute atomic E-state index is 0.136. The van der Waals surface area contributed by atoms with Crippen molar-refractivity contribution < 1.29 is 94.1 Å². The van der Waals surface area contributed by atoms with E-state index in [2.05, 4.69) is 0 Å². The van der Waals surface area contributed by atoms with Crippen molar-refractivity contribution in [2.75, 3.05) is 13.2 Å². The molecule has 53 heavy (non-hydrogen) atoms. The van der Waals surface area contributed by atoms with Gasteiger partial charge in [0.25, 0.3) is 0 Å². The molecular formula is C33H40O20. The Bertz CT molecular complexity index is 1780. The lowest BCUT2D eigenvalue weighted by Crippen LogP contribution is -2.64. The summed E-state index contributed by atoms with van der Waals surface area (Å²) in [5.41, 5.74) is -1.09. The summed E-state index contributed by atoms with van der Waals surface area (Å²) in [5, 5.41) is 124. The van der Waals surface area contributed by atoms with E-state index in [-0.39, 0.29) is 22.7 Å². The smallest absolute Gasteiger partial charge is 0.239 e. The fourth-order valence-corrected chi connectivity index (χ4v) is 6.27. The Labute approximate surface area is 298 Å². The molecule has 0 aliphatic carbocycles. The molecule has 6 rings (SSSR count). The molecule has 12 N–H and O–H groups in total. The van der Waals surface area contributed by atoms with Crippen LogP contribution in [0.2, 0.25) is 0 Å². The van der Waals surface area contributed by atoms with Crippen molar-refractivity contribution in [1.29, 1.82) is 0 Å². The van der Waals surface area contributed by atoms with Gasteiger partial charge < -0.3 is 94.1 Å². The van der Waals surface area contributed by atoms with Gasteiger partial charge in [0, 0.05) is 17.7 Å². The third-order valence-corrected chi connectivity index (χ3v) is 9.30. The normalized spacial score (nSPS) is 37.8. The number of hydrogen-bond donors (Lipinski definition) is 12. The van der Waals surface area contributed by atoms with Crippen molar-refractivity contribution in [1.82, 2.24) is 0 Å². The van der Waals surface area contributed by atoms with E-state index in [9.17, 15) is 66.1 Å². The first-order valence-electron chi connectivity index (χ1n) is 16.4. The molecule has 2 unspecified atom stereocenters. The predicted octanol–water partition coefficient (Wildman–Crippen LogP) is -3.57. The highest BCUT2D eigenvalue weighted by atomic mass is 16.7. The fraction of sp³-hybridized carbons (Fsp3) is 0.545. The van der Waals surface area contributed by atoms with Crippen molar-refractivity contribution in [3.63, 3.8) is 0 Å². The number of fused-ring (bicyclic) bond motifs is 1. The van der Waals surface area contributed by atoms with Gasteiger partial charge in [-0.1, -0.05) is 0 Å². The maximum Gasteiger partial charge on any atom is 0.239 e. The molecule has 0 amide bonds.